The Morgan fingerprint density at radius 2 is 1.54 bits per heavy atom. The number of piperazine rings is 1. The number of hydrogen-bond donors (Lipinski definition) is 4. The highest BCUT2D eigenvalue weighted by Gasteiger charge is 2.36. The summed E-state index contributed by atoms with van der Waals surface area (Å²) in [5.41, 5.74) is 5.19. The first-order chi connectivity index (χ1) is 30.6. The van der Waals surface area contributed by atoms with Gasteiger partial charge in [-0.15, -0.1) is 0 Å². The molecule has 0 unspecified atom stereocenters. The van der Waals surface area contributed by atoms with Gasteiger partial charge in [0.15, 0.2) is 0 Å². The molecular formula is C48H60N10O5. The SMILES string of the molecule is CCCCC(=O)N1CCC(C[C@H](NC(=O)[C@@H](Cc2cc(C)c3[nH]ncc3c2)NC(=O)N2CCC(c3cc4ccccc4[nH]c3=O)CC2)C(=O)N2CCN(c3ccncc3)CC2)CC1. The van der Waals surface area contributed by atoms with Crippen LogP contribution in [0.1, 0.15) is 80.9 Å². The van der Waals surface area contributed by atoms with E-state index in [9.17, 15) is 24.0 Å². The monoisotopic (exact) mass is 856 g/mol. The number of aryl methyl sites for hydroxylation is 1. The molecule has 3 fully saturated rings. The van der Waals surface area contributed by atoms with E-state index in [4.69, 9.17) is 0 Å². The predicted molar refractivity (Wildman–Crippen MR) is 243 cm³/mol. The Bertz CT molecular complexity index is 2450. The van der Waals surface area contributed by atoms with Crippen LogP contribution in [0.2, 0.25) is 0 Å². The second-order valence-electron chi connectivity index (χ2n) is 17.6. The largest absolute Gasteiger partial charge is 0.368 e. The molecule has 2 aromatic carbocycles. The Hall–Kier alpha value is -6.25. The van der Waals surface area contributed by atoms with Crippen LogP contribution in [0.25, 0.3) is 21.8 Å². The average molecular weight is 857 g/mol. The molecule has 0 saturated carbocycles. The fraction of sp³-hybridized carbons (Fsp3) is 0.479. The van der Waals surface area contributed by atoms with Crippen molar-refractivity contribution in [2.24, 2.45) is 5.92 Å². The van der Waals surface area contributed by atoms with Gasteiger partial charge in [0.05, 0.1) is 11.7 Å². The number of H-pyrrole nitrogens is 2. The Balaban J connectivity index is 0.988. The molecule has 0 radical (unpaired) electrons. The number of likely N-dealkylation sites (tertiary alicyclic amines) is 2. The second kappa shape index (κ2) is 19.9. The fourth-order valence-electron chi connectivity index (χ4n) is 9.67. The van der Waals surface area contributed by atoms with Crippen LogP contribution < -0.4 is 21.1 Å². The van der Waals surface area contributed by atoms with Crippen LogP contribution in [0.4, 0.5) is 10.5 Å². The molecule has 0 aliphatic carbocycles. The number of fused-ring (bicyclic) bond motifs is 2. The molecule has 0 spiro atoms. The highest BCUT2D eigenvalue weighted by molar-refractivity contribution is 5.92. The number of nitrogens with zero attached hydrogens (tertiary/aromatic N) is 6. The number of amides is 5. The van der Waals surface area contributed by atoms with E-state index in [0.717, 1.165) is 69.9 Å². The Kier molecular flexibility index (Phi) is 13.7. The highest BCUT2D eigenvalue weighted by Crippen LogP contribution is 2.29. The lowest BCUT2D eigenvalue weighted by Crippen LogP contribution is -2.59. The van der Waals surface area contributed by atoms with Crippen molar-refractivity contribution in [2.75, 3.05) is 57.3 Å². The van der Waals surface area contributed by atoms with Gasteiger partial charge in [-0.25, -0.2) is 4.79 Å². The Morgan fingerprint density at radius 3 is 2.29 bits per heavy atom. The minimum absolute atomic E-state index is 0.00849. The third-order valence-electron chi connectivity index (χ3n) is 13.4. The van der Waals surface area contributed by atoms with Gasteiger partial charge in [0.25, 0.3) is 5.56 Å². The topological polar surface area (TPSA) is 180 Å². The third kappa shape index (κ3) is 10.3. The van der Waals surface area contributed by atoms with Gasteiger partial charge in [-0.1, -0.05) is 37.6 Å². The molecule has 0 bridgehead atoms. The molecule has 5 aromatic rings. The number of pyridine rings is 2. The predicted octanol–water partition coefficient (Wildman–Crippen LogP) is 5.26. The quantitative estimate of drug-likeness (QED) is 0.124. The van der Waals surface area contributed by atoms with Crippen LogP contribution in [-0.4, -0.2) is 123 Å². The number of benzene rings is 2. The maximum Gasteiger partial charge on any atom is 0.318 e. The summed E-state index contributed by atoms with van der Waals surface area (Å²) in [6, 6.07) is 15.4. The van der Waals surface area contributed by atoms with E-state index in [-0.39, 0.29) is 41.7 Å². The van der Waals surface area contributed by atoms with Crippen molar-refractivity contribution in [1.82, 2.24) is 45.5 Å². The minimum Gasteiger partial charge on any atom is -0.368 e. The Morgan fingerprint density at radius 1 is 0.810 bits per heavy atom. The molecule has 15 nitrogen and oxygen atoms in total. The number of anilines is 1. The number of piperidine rings is 2. The van der Waals surface area contributed by atoms with E-state index in [1.807, 2.05) is 71.3 Å². The number of nitrogens with one attached hydrogen (secondary N) is 4. The standard InChI is InChI=1S/C48H60N10O5/c1-3-4-9-43(59)56-18-12-33(13-19-56)28-42(47(62)57-24-22-55(23-25-57)38-10-16-49-17-11-38)52-46(61)41(29-34-26-32(2)44-37(27-34)31-50-54-44)53-48(63)58-20-14-35(15-21-58)39-30-36-7-5-6-8-40(36)51-45(39)60/h5-8,10-11,16-17,26-27,30-31,33,35,41-42H,3-4,9,12-15,18-25,28-29H2,1-2H3,(H,50,54)(H,51,60)(H,52,61)(H,53,63)/t41-,42+/m1/s1. The lowest BCUT2D eigenvalue weighted by atomic mass is 9.89. The molecule has 15 heteroatoms. The number of hydrogen-bond acceptors (Lipinski definition) is 8. The minimum atomic E-state index is -0.987. The van der Waals surface area contributed by atoms with Crippen LogP contribution >= 0.6 is 0 Å². The van der Waals surface area contributed by atoms with Gasteiger partial charge >= 0.3 is 6.03 Å². The van der Waals surface area contributed by atoms with E-state index in [2.05, 4.69) is 42.6 Å². The molecule has 332 valence electrons. The van der Waals surface area contributed by atoms with Crippen molar-refractivity contribution in [3.63, 3.8) is 0 Å². The molecule has 3 aromatic heterocycles. The molecule has 4 N–H and O–H groups in total. The number of carbonyl (C=O) groups excluding carboxylic acids is 4. The molecular weight excluding hydrogens is 797 g/mol. The van der Waals surface area contributed by atoms with Crippen molar-refractivity contribution in [3.05, 3.63) is 100 Å². The Labute approximate surface area is 368 Å². The zero-order chi connectivity index (χ0) is 43.9. The summed E-state index contributed by atoms with van der Waals surface area (Å²) in [6.07, 6.45) is 11.0. The molecule has 2 atom stereocenters. The summed E-state index contributed by atoms with van der Waals surface area (Å²) >= 11 is 0. The summed E-state index contributed by atoms with van der Waals surface area (Å²) in [6.45, 7) is 8.47. The molecule has 8 rings (SSSR count). The number of urea groups is 1. The average Bonchev–Trinajstić information content (AvgIpc) is 3.80. The van der Waals surface area contributed by atoms with Crippen molar-refractivity contribution in [2.45, 2.75) is 89.6 Å². The van der Waals surface area contributed by atoms with Crippen molar-refractivity contribution >= 4 is 51.2 Å². The number of carbonyl (C=O) groups is 4. The number of aromatic nitrogens is 4. The first-order valence-electron chi connectivity index (χ1n) is 22.8. The second-order valence-corrected chi connectivity index (χ2v) is 17.6. The van der Waals surface area contributed by atoms with Crippen LogP contribution in [-0.2, 0) is 20.8 Å². The number of rotatable bonds is 13. The molecule has 5 amide bonds. The van der Waals surface area contributed by atoms with E-state index in [1.165, 1.54) is 0 Å². The van der Waals surface area contributed by atoms with Gasteiger partial charge in [0, 0.05) is 99.7 Å². The highest BCUT2D eigenvalue weighted by atomic mass is 16.2. The number of para-hydroxylation sites is 1. The molecule has 3 aliphatic rings. The first kappa shape index (κ1) is 43.4. The molecule has 6 heterocycles. The van der Waals surface area contributed by atoms with Gasteiger partial charge in [-0.3, -0.25) is 29.3 Å². The molecule has 63 heavy (non-hydrogen) atoms. The lowest BCUT2D eigenvalue weighted by Gasteiger charge is -2.39. The first-order valence-corrected chi connectivity index (χ1v) is 22.8. The zero-order valence-electron chi connectivity index (χ0n) is 36.5. The van der Waals surface area contributed by atoms with Gasteiger partial charge in [0.1, 0.15) is 12.1 Å². The van der Waals surface area contributed by atoms with Gasteiger partial charge < -0.3 is 35.2 Å². The van der Waals surface area contributed by atoms with Crippen molar-refractivity contribution < 1.29 is 19.2 Å². The zero-order valence-corrected chi connectivity index (χ0v) is 36.5. The number of unbranched alkanes of at least 4 members (excludes halogenated alkanes) is 1. The van der Waals surface area contributed by atoms with Crippen molar-refractivity contribution in [3.8, 4) is 0 Å². The fourth-order valence-corrected chi connectivity index (χ4v) is 9.67. The number of aromatic amines is 2. The maximum atomic E-state index is 14.7. The van der Waals surface area contributed by atoms with E-state index in [0.29, 0.717) is 78.0 Å². The molecule has 3 saturated heterocycles. The van der Waals surface area contributed by atoms with Crippen LogP contribution in [0.3, 0.4) is 0 Å². The van der Waals surface area contributed by atoms with Crippen LogP contribution in [0.15, 0.2) is 78.0 Å². The van der Waals surface area contributed by atoms with Crippen LogP contribution in [0.5, 0.6) is 0 Å². The van der Waals surface area contributed by atoms with E-state index in [1.54, 1.807) is 23.5 Å². The van der Waals surface area contributed by atoms with Gasteiger partial charge in [-0.2, -0.15) is 5.10 Å². The third-order valence-corrected chi connectivity index (χ3v) is 13.4. The molecule has 3 aliphatic heterocycles. The lowest BCUT2D eigenvalue weighted by molar-refractivity contribution is -0.138. The van der Waals surface area contributed by atoms with Crippen LogP contribution in [0, 0.1) is 12.8 Å². The van der Waals surface area contributed by atoms with Crippen molar-refractivity contribution in [1.29, 1.82) is 0 Å². The van der Waals surface area contributed by atoms with E-state index >= 15 is 0 Å². The van der Waals surface area contributed by atoms with E-state index < -0.39 is 18.0 Å². The smallest absolute Gasteiger partial charge is 0.318 e. The summed E-state index contributed by atoms with van der Waals surface area (Å²) in [4.78, 5) is 84.3. The summed E-state index contributed by atoms with van der Waals surface area (Å²) in [5.74, 6) is -0.261. The van der Waals surface area contributed by atoms with Gasteiger partial charge in [0.2, 0.25) is 17.7 Å². The summed E-state index contributed by atoms with van der Waals surface area (Å²) in [5, 5.41) is 15.4. The summed E-state index contributed by atoms with van der Waals surface area (Å²) < 4.78 is 0. The van der Waals surface area contributed by atoms with Gasteiger partial charge in [-0.05, 0) is 104 Å². The maximum absolute atomic E-state index is 14.7. The normalized spacial score (nSPS) is 17.5. The summed E-state index contributed by atoms with van der Waals surface area (Å²) in [7, 11) is 0.